The topological polar surface area (TPSA) is 21.3 Å². The fourth-order valence-electron chi connectivity index (χ4n) is 6.18. The van der Waals surface area contributed by atoms with Gasteiger partial charge in [-0.3, -0.25) is 0 Å². The predicted octanol–water partition coefficient (Wildman–Crippen LogP) is 5.93. The zero-order chi connectivity index (χ0) is 17.4. The average Bonchev–Trinajstić information content (AvgIpc) is 2.57. The van der Waals surface area contributed by atoms with E-state index in [2.05, 4.69) is 53.3 Å². The summed E-state index contributed by atoms with van der Waals surface area (Å²) < 4.78 is 6.84. The third-order valence-electron chi connectivity index (χ3n) is 7.07. The van der Waals surface area contributed by atoms with Crippen LogP contribution < -0.4 is 10.1 Å². The van der Waals surface area contributed by atoms with Crippen LogP contribution >= 0.6 is 15.9 Å². The second-order valence-electron chi connectivity index (χ2n) is 9.00. The molecule has 25 heavy (non-hydrogen) atoms. The van der Waals surface area contributed by atoms with Crippen molar-refractivity contribution in [1.29, 1.82) is 0 Å². The third kappa shape index (κ3) is 3.64. The highest BCUT2D eigenvalue weighted by Gasteiger charge is 2.52. The smallest absolute Gasteiger partial charge is 0.133 e. The van der Waals surface area contributed by atoms with E-state index in [0.717, 1.165) is 47.5 Å². The van der Waals surface area contributed by atoms with Crippen molar-refractivity contribution in [2.24, 2.45) is 23.2 Å². The number of rotatable bonds is 7. The molecule has 138 valence electrons. The Bertz CT molecular complexity index is 579. The van der Waals surface area contributed by atoms with Gasteiger partial charge in [-0.1, -0.05) is 13.0 Å². The van der Waals surface area contributed by atoms with Gasteiger partial charge in [0.05, 0.1) is 11.1 Å². The Balaban J connectivity index is 1.37. The minimum Gasteiger partial charge on any atom is -0.492 e. The summed E-state index contributed by atoms with van der Waals surface area (Å²) in [7, 11) is 0. The monoisotopic (exact) mass is 405 g/mol. The molecule has 2 nitrogen and oxygen atoms in total. The van der Waals surface area contributed by atoms with Gasteiger partial charge in [0.1, 0.15) is 5.75 Å². The van der Waals surface area contributed by atoms with Crippen LogP contribution in [0.15, 0.2) is 22.7 Å². The fourth-order valence-corrected chi connectivity index (χ4v) is 6.72. The molecule has 4 fully saturated rings. The van der Waals surface area contributed by atoms with Crippen LogP contribution in [0.5, 0.6) is 5.75 Å². The summed E-state index contributed by atoms with van der Waals surface area (Å²) >= 11 is 3.66. The molecule has 4 saturated carbocycles. The highest BCUT2D eigenvalue weighted by molar-refractivity contribution is 9.10. The first-order valence-corrected chi connectivity index (χ1v) is 11.0. The molecule has 1 aromatic carbocycles. The lowest BCUT2D eigenvalue weighted by molar-refractivity contribution is -0.0706. The maximum Gasteiger partial charge on any atom is 0.133 e. The summed E-state index contributed by atoms with van der Waals surface area (Å²) in [6.07, 6.45) is 10.0. The van der Waals surface area contributed by atoms with Crippen LogP contribution in [0.3, 0.4) is 0 Å². The first-order chi connectivity index (χ1) is 12.1. The van der Waals surface area contributed by atoms with E-state index in [1.807, 2.05) is 0 Å². The Morgan fingerprint density at radius 1 is 1.16 bits per heavy atom. The number of hydrogen-bond donors (Lipinski definition) is 1. The second-order valence-corrected chi connectivity index (χ2v) is 9.85. The van der Waals surface area contributed by atoms with Gasteiger partial charge >= 0.3 is 0 Å². The molecule has 0 aliphatic heterocycles. The number of hydrogen-bond acceptors (Lipinski definition) is 2. The van der Waals surface area contributed by atoms with Gasteiger partial charge in [-0.25, -0.2) is 0 Å². The Hall–Kier alpha value is -0.540. The van der Waals surface area contributed by atoms with Crippen molar-refractivity contribution in [3.63, 3.8) is 0 Å². The van der Waals surface area contributed by atoms with Gasteiger partial charge in [-0.2, -0.15) is 0 Å². The molecule has 0 aromatic heterocycles. The molecule has 3 heteroatoms. The summed E-state index contributed by atoms with van der Waals surface area (Å²) in [6.45, 7) is 6.31. The van der Waals surface area contributed by atoms with Crippen molar-refractivity contribution < 1.29 is 4.74 Å². The Morgan fingerprint density at radius 2 is 1.80 bits per heavy atom. The maximum atomic E-state index is 5.76. The molecule has 0 radical (unpaired) electrons. The summed E-state index contributed by atoms with van der Waals surface area (Å²) in [5, 5.41) is 3.88. The Kier molecular flexibility index (Phi) is 5.16. The second kappa shape index (κ2) is 7.23. The summed E-state index contributed by atoms with van der Waals surface area (Å²) in [6, 6.07) is 7.14. The van der Waals surface area contributed by atoms with E-state index in [1.54, 1.807) is 0 Å². The van der Waals surface area contributed by atoms with Crippen LogP contribution in [-0.2, 0) is 6.54 Å². The number of nitrogens with one attached hydrogen (secondary N) is 1. The Labute approximate surface area is 161 Å². The van der Waals surface area contributed by atoms with E-state index >= 15 is 0 Å². The van der Waals surface area contributed by atoms with Crippen molar-refractivity contribution in [1.82, 2.24) is 5.32 Å². The number of benzene rings is 1. The van der Waals surface area contributed by atoms with Gasteiger partial charge in [-0.05, 0) is 109 Å². The first-order valence-electron chi connectivity index (χ1n) is 10.2. The third-order valence-corrected chi connectivity index (χ3v) is 7.69. The molecule has 4 aliphatic rings. The SMILES string of the molecule is CCCOc1ccc(CNC(C)C23CC4CC(CC(C4)C2)C3)cc1Br. The summed E-state index contributed by atoms with van der Waals surface area (Å²) in [4.78, 5) is 0. The molecule has 0 spiro atoms. The predicted molar refractivity (Wildman–Crippen MR) is 107 cm³/mol. The van der Waals surface area contributed by atoms with Gasteiger partial charge in [0.25, 0.3) is 0 Å². The molecule has 1 aromatic rings. The molecule has 4 aliphatic carbocycles. The maximum absolute atomic E-state index is 5.76. The molecule has 0 heterocycles. The van der Waals surface area contributed by atoms with Crippen molar-refractivity contribution in [3.05, 3.63) is 28.2 Å². The lowest BCUT2D eigenvalue weighted by Gasteiger charge is -2.59. The quantitative estimate of drug-likeness (QED) is 0.606. The van der Waals surface area contributed by atoms with E-state index in [9.17, 15) is 0 Å². The van der Waals surface area contributed by atoms with Gasteiger partial charge in [0.15, 0.2) is 0 Å². The van der Waals surface area contributed by atoms with Crippen LogP contribution in [0.2, 0.25) is 0 Å². The number of halogens is 1. The largest absolute Gasteiger partial charge is 0.492 e. The highest BCUT2D eigenvalue weighted by atomic mass is 79.9. The van der Waals surface area contributed by atoms with Crippen LogP contribution in [-0.4, -0.2) is 12.6 Å². The van der Waals surface area contributed by atoms with Crippen LogP contribution in [0.1, 0.15) is 64.4 Å². The van der Waals surface area contributed by atoms with Crippen LogP contribution in [0.4, 0.5) is 0 Å². The van der Waals surface area contributed by atoms with Crippen molar-refractivity contribution in [3.8, 4) is 5.75 Å². The molecule has 1 unspecified atom stereocenters. The summed E-state index contributed by atoms with van der Waals surface area (Å²) in [5.74, 6) is 4.04. The van der Waals surface area contributed by atoms with E-state index in [-0.39, 0.29) is 0 Å². The zero-order valence-corrected chi connectivity index (χ0v) is 17.3. The lowest BCUT2D eigenvalue weighted by atomic mass is 9.48. The lowest BCUT2D eigenvalue weighted by Crippen LogP contribution is -2.54. The summed E-state index contributed by atoms with van der Waals surface area (Å²) in [5.41, 5.74) is 1.92. The van der Waals surface area contributed by atoms with E-state index < -0.39 is 0 Å². The fraction of sp³-hybridized carbons (Fsp3) is 0.727. The minimum absolute atomic E-state index is 0.580. The standard InChI is InChI=1S/C22H32BrNO/c1-3-6-25-21-5-4-16(10-20(21)23)14-24-15(2)22-11-17-7-18(12-22)9-19(8-17)13-22/h4-5,10,15,17-19,24H,3,6-9,11-14H2,1-2H3. The molecule has 5 rings (SSSR count). The molecule has 4 bridgehead atoms. The number of ether oxygens (including phenoxy) is 1. The zero-order valence-electron chi connectivity index (χ0n) is 15.7. The molecular formula is C22H32BrNO. The molecular weight excluding hydrogens is 374 g/mol. The average molecular weight is 406 g/mol. The molecule has 1 atom stereocenters. The van der Waals surface area contributed by atoms with Crippen molar-refractivity contribution in [2.45, 2.75) is 71.4 Å². The first kappa shape index (κ1) is 17.9. The van der Waals surface area contributed by atoms with Crippen molar-refractivity contribution in [2.75, 3.05) is 6.61 Å². The molecule has 0 saturated heterocycles. The van der Waals surface area contributed by atoms with Gasteiger partial charge in [0.2, 0.25) is 0 Å². The molecule has 0 amide bonds. The highest BCUT2D eigenvalue weighted by Crippen LogP contribution is 2.61. The van der Waals surface area contributed by atoms with Crippen LogP contribution in [0.25, 0.3) is 0 Å². The van der Waals surface area contributed by atoms with Gasteiger partial charge in [0, 0.05) is 12.6 Å². The van der Waals surface area contributed by atoms with Crippen molar-refractivity contribution >= 4 is 15.9 Å². The van der Waals surface area contributed by atoms with E-state index in [4.69, 9.17) is 4.74 Å². The normalized spacial score (nSPS) is 34.3. The van der Waals surface area contributed by atoms with Crippen LogP contribution in [0, 0.1) is 23.2 Å². The minimum atomic E-state index is 0.580. The van der Waals surface area contributed by atoms with E-state index in [0.29, 0.717) is 11.5 Å². The molecule has 1 N–H and O–H groups in total. The van der Waals surface area contributed by atoms with E-state index in [1.165, 1.54) is 44.1 Å². The Morgan fingerprint density at radius 3 is 2.36 bits per heavy atom. The van der Waals surface area contributed by atoms with Gasteiger partial charge < -0.3 is 10.1 Å². The van der Waals surface area contributed by atoms with Gasteiger partial charge in [-0.15, -0.1) is 0 Å².